The van der Waals surface area contributed by atoms with E-state index in [1.165, 1.54) is 51.4 Å². The lowest BCUT2D eigenvalue weighted by atomic mass is 9.96. The molecule has 0 aliphatic carbocycles. The van der Waals surface area contributed by atoms with Crippen LogP contribution in [0, 0.1) is 0 Å². The Bertz CT molecular complexity index is 1820. The Hall–Kier alpha value is -3.03. The lowest BCUT2D eigenvalue weighted by Crippen LogP contribution is -2.66. The summed E-state index contributed by atoms with van der Waals surface area (Å²) in [7, 11) is 0. The number of carbonyl (C=O) groups excluding carboxylic acids is 1. The maximum atomic E-state index is 13.3. The van der Waals surface area contributed by atoms with Gasteiger partial charge in [-0.25, -0.2) is 0 Å². The van der Waals surface area contributed by atoms with Gasteiger partial charge >= 0.3 is 0 Å². The first kappa shape index (κ1) is 73.2. The summed E-state index contributed by atoms with van der Waals surface area (Å²) in [5.74, 6) is -0.280. The van der Waals surface area contributed by atoms with E-state index in [2.05, 4.69) is 104 Å². The molecular weight excluding hydrogens is 1060 g/mol. The number of hydrogen-bond donors (Lipinski definition) is 12. The van der Waals surface area contributed by atoms with E-state index in [-0.39, 0.29) is 18.9 Å². The predicted octanol–water partition coefficient (Wildman–Crippen LogP) is 5.98. The zero-order valence-electron chi connectivity index (χ0n) is 49.2. The summed E-state index contributed by atoms with van der Waals surface area (Å²) in [6, 6.07) is -0.910. The van der Waals surface area contributed by atoms with E-state index in [0.29, 0.717) is 19.3 Å². The molecule has 19 heteroatoms. The molecule has 1 amide bonds. The number of unbranched alkanes of at least 4 members (excludes halogenated alkanes) is 14. The van der Waals surface area contributed by atoms with Crippen LogP contribution in [0.5, 0.6) is 0 Å². The van der Waals surface area contributed by atoms with Crippen molar-refractivity contribution in [2.24, 2.45) is 0 Å². The molecule has 0 radical (unpaired) electrons. The summed E-state index contributed by atoms with van der Waals surface area (Å²) in [6.45, 7) is 1.61. The molecular formula is C63H107NO18. The highest BCUT2D eigenvalue weighted by Gasteiger charge is 2.53. The molecule has 3 heterocycles. The fraction of sp³-hybridized carbons (Fsp3) is 0.762. The molecule has 17 atom stereocenters. The Morgan fingerprint density at radius 1 is 0.451 bits per heavy atom. The van der Waals surface area contributed by atoms with E-state index in [4.69, 9.17) is 28.4 Å². The van der Waals surface area contributed by atoms with E-state index in [1.54, 1.807) is 0 Å². The SMILES string of the molecule is CC/C=C\C/C=C\C/C=C\C/C=C\C/C=C\C/C=C\C/C=C\CCCCCC(=O)NC(COC1OC(CO)C(OC2OC(CO)C(OC3OC(CO)C(O)C(O)C3O)C(O)C2O)C(O)C1O)C(O)CCCCCCCCCCCCCC. The summed E-state index contributed by atoms with van der Waals surface area (Å²) < 4.78 is 34.3. The molecule has 3 fully saturated rings. The van der Waals surface area contributed by atoms with Gasteiger partial charge in [0.25, 0.3) is 0 Å². The topological polar surface area (TPSA) is 307 Å². The summed E-state index contributed by atoms with van der Waals surface area (Å²) in [5, 5.41) is 120. The second-order valence-electron chi connectivity index (χ2n) is 21.8. The molecule has 3 aliphatic rings. The molecule has 3 aliphatic heterocycles. The van der Waals surface area contributed by atoms with Gasteiger partial charge in [0, 0.05) is 6.42 Å². The fourth-order valence-corrected chi connectivity index (χ4v) is 9.94. The van der Waals surface area contributed by atoms with Gasteiger partial charge in [0.15, 0.2) is 18.9 Å². The highest BCUT2D eigenvalue weighted by atomic mass is 16.8. The monoisotopic (exact) mass is 1170 g/mol. The standard InChI is InChI=1S/C63H107NO18/c1-3-5-7-9-11-13-15-17-18-19-20-21-22-23-24-25-26-27-28-29-31-33-35-37-39-41-51(69)64-46(47(68)40-38-36-34-32-30-16-14-12-10-8-6-4-2)45-77-61-57(75)54(72)59(49(43-66)79-61)82-63-58(76)55(73)60(50(44-67)80-63)81-62-56(74)53(71)52(70)48(42-65)78-62/h5,7,11,13,17-18,20-21,23-24,26-27,29,31,46-50,52-63,65-68,70-76H,3-4,6,8-10,12,14-16,19,22,25,28,30,32-45H2,1-2H3,(H,64,69)/b7-5-,13-11-,18-17-,21-20-,24-23-,27-26-,31-29-. The quantitative estimate of drug-likeness (QED) is 0.0247. The van der Waals surface area contributed by atoms with Crippen molar-refractivity contribution in [2.45, 2.75) is 279 Å². The number of rotatable bonds is 44. The van der Waals surface area contributed by atoms with Crippen molar-refractivity contribution in [2.75, 3.05) is 26.4 Å². The van der Waals surface area contributed by atoms with Gasteiger partial charge in [0.05, 0.1) is 38.6 Å². The summed E-state index contributed by atoms with van der Waals surface area (Å²) >= 11 is 0. The predicted molar refractivity (Wildman–Crippen MR) is 314 cm³/mol. The van der Waals surface area contributed by atoms with Crippen molar-refractivity contribution >= 4 is 5.91 Å². The Balaban J connectivity index is 1.47. The van der Waals surface area contributed by atoms with Crippen molar-refractivity contribution in [1.29, 1.82) is 0 Å². The molecule has 3 rings (SSSR count). The first-order valence-electron chi connectivity index (χ1n) is 30.8. The van der Waals surface area contributed by atoms with Crippen molar-refractivity contribution < 1.29 is 89.4 Å². The van der Waals surface area contributed by atoms with Gasteiger partial charge in [-0.2, -0.15) is 0 Å². The number of allylic oxidation sites excluding steroid dienone is 14. The number of hydrogen-bond acceptors (Lipinski definition) is 18. The third kappa shape index (κ3) is 28.4. The Morgan fingerprint density at radius 2 is 0.841 bits per heavy atom. The molecule has 0 aromatic heterocycles. The van der Waals surface area contributed by atoms with Gasteiger partial charge in [0.1, 0.15) is 73.2 Å². The molecule has 12 N–H and O–H groups in total. The van der Waals surface area contributed by atoms with Crippen molar-refractivity contribution in [3.05, 3.63) is 85.1 Å². The molecule has 472 valence electrons. The van der Waals surface area contributed by atoms with Crippen LogP contribution in [-0.4, -0.2) is 193 Å². The molecule has 0 aromatic carbocycles. The number of carbonyl (C=O) groups is 1. The normalized spacial score (nSPS) is 30.2. The van der Waals surface area contributed by atoms with Gasteiger partial charge in [-0.1, -0.05) is 182 Å². The first-order chi connectivity index (χ1) is 39.8. The van der Waals surface area contributed by atoms with Crippen LogP contribution in [0.2, 0.25) is 0 Å². The van der Waals surface area contributed by atoms with Crippen molar-refractivity contribution in [3.63, 3.8) is 0 Å². The number of aliphatic hydroxyl groups is 11. The van der Waals surface area contributed by atoms with Crippen molar-refractivity contribution in [3.8, 4) is 0 Å². The number of ether oxygens (including phenoxy) is 6. The molecule has 19 nitrogen and oxygen atoms in total. The van der Waals surface area contributed by atoms with Crippen LogP contribution in [0.4, 0.5) is 0 Å². The minimum Gasteiger partial charge on any atom is -0.394 e. The van der Waals surface area contributed by atoms with E-state index in [0.717, 1.165) is 83.5 Å². The van der Waals surface area contributed by atoms with Gasteiger partial charge in [-0.3, -0.25) is 4.79 Å². The number of aliphatic hydroxyl groups excluding tert-OH is 11. The van der Waals surface area contributed by atoms with Gasteiger partial charge in [-0.15, -0.1) is 0 Å². The Kier molecular flexibility index (Phi) is 40.5. The second-order valence-corrected chi connectivity index (χ2v) is 21.8. The molecule has 0 bridgehead atoms. The van der Waals surface area contributed by atoms with Crippen LogP contribution in [0.25, 0.3) is 0 Å². The average molecular weight is 1170 g/mol. The summed E-state index contributed by atoms with van der Waals surface area (Å²) in [6.07, 6.45) is 28.1. The lowest BCUT2D eigenvalue weighted by Gasteiger charge is -2.48. The molecule has 0 saturated carbocycles. The molecule has 0 spiro atoms. The van der Waals surface area contributed by atoms with E-state index < -0.39 is 124 Å². The maximum absolute atomic E-state index is 13.3. The molecule has 17 unspecified atom stereocenters. The molecule has 0 aromatic rings. The fourth-order valence-electron chi connectivity index (χ4n) is 9.94. The van der Waals surface area contributed by atoms with Gasteiger partial charge in [0.2, 0.25) is 5.91 Å². The Morgan fingerprint density at radius 3 is 1.30 bits per heavy atom. The third-order valence-corrected chi connectivity index (χ3v) is 15.0. The van der Waals surface area contributed by atoms with Crippen LogP contribution in [-0.2, 0) is 33.2 Å². The third-order valence-electron chi connectivity index (χ3n) is 15.0. The number of amides is 1. The maximum Gasteiger partial charge on any atom is 0.220 e. The lowest BCUT2D eigenvalue weighted by molar-refractivity contribution is -0.379. The number of nitrogens with one attached hydrogen (secondary N) is 1. The largest absolute Gasteiger partial charge is 0.394 e. The van der Waals surface area contributed by atoms with Crippen LogP contribution in [0.15, 0.2) is 85.1 Å². The summed E-state index contributed by atoms with van der Waals surface area (Å²) in [5.41, 5.74) is 0. The summed E-state index contributed by atoms with van der Waals surface area (Å²) in [4.78, 5) is 13.3. The second kappa shape index (κ2) is 45.3. The van der Waals surface area contributed by atoms with E-state index in [1.807, 2.05) is 0 Å². The smallest absolute Gasteiger partial charge is 0.220 e. The van der Waals surface area contributed by atoms with E-state index in [9.17, 15) is 61.0 Å². The first-order valence-corrected chi connectivity index (χ1v) is 30.8. The minimum absolute atomic E-state index is 0.221. The molecule has 82 heavy (non-hydrogen) atoms. The molecule has 3 saturated heterocycles. The Labute approximate surface area is 489 Å². The van der Waals surface area contributed by atoms with Gasteiger partial charge in [-0.05, 0) is 70.6 Å². The highest BCUT2D eigenvalue weighted by molar-refractivity contribution is 5.76. The zero-order valence-corrected chi connectivity index (χ0v) is 49.2. The van der Waals surface area contributed by atoms with Gasteiger partial charge < -0.3 is 89.9 Å². The zero-order chi connectivity index (χ0) is 59.7. The van der Waals surface area contributed by atoms with Crippen LogP contribution < -0.4 is 5.32 Å². The van der Waals surface area contributed by atoms with Crippen LogP contribution >= 0.6 is 0 Å². The van der Waals surface area contributed by atoms with Crippen LogP contribution in [0.1, 0.15) is 174 Å². The highest BCUT2D eigenvalue weighted by Crippen LogP contribution is 2.33. The van der Waals surface area contributed by atoms with E-state index >= 15 is 0 Å². The average Bonchev–Trinajstić information content (AvgIpc) is 3.59. The van der Waals surface area contributed by atoms with Crippen LogP contribution in [0.3, 0.4) is 0 Å². The van der Waals surface area contributed by atoms with Crippen molar-refractivity contribution in [1.82, 2.24) is 5.32 Å². The minimum atomic E-state index is -1.98.